The Balaban J connectivity index is 2.60. The summed E-state index contributed by atoms with van der Waals surface area (Å²) in [6, 6.07) is 6.23. The number of sulfone groups is 1. The molecule has 0 fully saturated rings. The van der Waals surface area contributed by atoms with Gasteiger partial charge < -0.3 is 9.47 Å². The number of hydrogen-bond acceptors (Lipinski definition) is 6. The highest BCUT2D eigenvalue weighted by Crippen LogP contribution is 2.33. The predicted octanol–water partition coefficient (Wildman–Crippen LogP) is 2.37. The first kappa shape index (κ1) is 16.0. The first-order valence-corrected chi connectivity index (χ1v) is 8.23. The molecule has 6 nitrogen and oxygen atoms in total. The lowest BCUT2D eigenvalue weighted by Crippen LogP contribution is -2.10. The van der Waals surface area contributed by atoms with Gasteiger partial charge in [0.2, 0.25) is 0 Å². The second kappa shape index (κ2) is 6.15. The fraction of sp³-hybridized carbons (Fsp3) is 0.200. The summed E-state index contributed by atoms with van der Waals surface area (Å²) in [5.74, 6) is -0.0615. The fourth-order valence-corrected chi connectivity index (χ4v) is 3.21. The number of methoxy groups -OCH3 is 1. The van der Waals surface area contributed by atoms with Crippen LogP contribution in [0.25, 0.3) is 0 Å². The Morgan fingerprint density at radius 3 is 2.50 bits per heavy atom. The fourth-order valence-electron chi connectivity index (χ4n) is 2.07. The minimum Gasteiger partial charge on any atom is -0.465 e. The molecule has 0 bridgehead atoms. The third kappa shape index (κ3) is 3.25. The topological polar surface area (TPSA) is 82.6 Å². The second-order valence-electron chi connectivity index (χ2n) is 4.62. The monoisotopic (exact) mass is 321 g/mol. The largest absolute Gasteiger partial charge is 0.465 e. The van der Waals surface area contributed by atoms with Crippen molar-refractivity contribution in [3.8, 4) is 11.5 Å². The van der Waals surface area contributed by atoms with Crippen molar-refractivity contribution < 1.29 is 22.7 Å². The number of carbonyl (C=O) groups is 1. The van der Waals surface area contributed by atoms with E-state index in [1.807, 2.05) is 0 Å². The third-order valence-electron chi connectivity index (χ3n) is 3.01. The van der Waals surface area contributed by atoms with E-state index < -0.39 is 15.8 Å². The average molecular weight is 321 g/mol. The highest BCUT2D eigenvalue weighted by atomic mass is 32.2. The number of carbonyl (C=O) groups excluding carboxylic acids is 1. The van der Waals surface area contributed by atoms with E-state index in [2.05, 4.69) is 9.72 Å². The number of esters is 1. The lowest BCUT2D eigenvalue weighted by molar-refractivity contribution is 0.0599. The van der Waals surface area contributed by atoms with Crippen LogP contribution in [-0.2, 0) is 14.6 Å². The van der Waals surface area contributed by atoms with Crippen molar-refractivity contribution in [2.45, 2.75) is 11.8 Å². The number of aromatic nitrogens is 1. The van der Waals surface area contributed by atoms with E-state index in [0.717, 1.165) is 6.26 Å². The number of benzene rings is 1. The van der Waals surface area contributed by atoms with Gasteiger partial charge in [0.15, 0.2) is 9.84 Å². The van der Waals surface area contributed by atoms with Crippen LogP contribution in [0.15, 0.2) is 41.6 Å². The molecule has 1 aromatic carbocycles. The van der Waals surface area contributed by atoms with Crippen LogP contribution in [0, 0.1) is 6.92 Å². The van der Waals surface area contributed by atoms with E-state index in [1.54, 1.807) is 25.3 Å². The molecular formula is C15H15NO5S. The second-order valence-corrected chi connectivity index (χ2v) is 6.57. The van der Waals surface area contributed by atoms with Gasteiger partial charge in [-0.25, -0.2) is 13.2 Å². The van der Waals surface area contributed by atoms with E-state index in [1.165, 1.54) is 25.4 Å². The highest BCUT2D eigenvalue weighted by Gasteiger charge is 2.23. The van der Waals surface area contributed by atoms with Crippen LogP contribution < -0.4 is 4.74 Å². The first-order chi connectivity index (χ1) is 10.3. The molecule has 0 aliphatic carbocycles. The maximum Gasteiger partial charge on any atom is 0.338 e. The van der Waals surface area contributed by atoms with Crippen molar-refractivity contribution in [2.24, 2.45) is 0 Å². The third-order valence-corrected chi connectivity index (χ3v) is 4.26. The van der Waals surface area contributed by atoms with E-state index >= 15 is 0 Å². The Morgan fingerprint density at radius 2 is 1.95 bits per heavy atom. The number of pyridine rings is 1. The van der Waals surface area contributed by atoms with Gasteiger partial charge in [-0.15, -0.1) is 0 Å². The number of rotatable bonds is 4. The molecule has 0 atom stereocenters. The summed E-state index contributed by atoms with van der Waals surface area (Å²) in [6.45, 7) is 1.54. The summed E-state index contributed by atoms with van der Waals surface area (Å²) in [5.41, 5.74) is 0.470. The summed E-state index contributed by atoms with van der Waals surface area (Å²) >= 11 is 0. The zero-order valence-electron chi connectivity index (χ0n) is 12.4. The van der Waals surface area contributed by atoms with Gasteiger partial charge in [-0.1, -0.05) is 0 Å². The molecule has 0 saturated carbocycles. The zero-order chi connectivity index (χ0) is 16.3. The zero-order valence-corrected chi connectivity index (χ0v) is 13.2. The van der Waals surface area contributed by atoms with Crippen LogP contribution in [0.5, 0.6) is 11.5 Å². The van der Waals surface area contributed by atoms with Crippen molar-refractivity contribution >= 4 is 15.8 Å². The van der Waals surface area contributed by atoms with Crippen molar-refractivity contribution in [3.63, 3.8) is 0 Å². The molecule has 1 heterocycles. The molecule has 0 unspecified atom stereocenters. The maximum atomic E-state index is 12.1. The van der Waals surface area contributed by atoms with Crippen molar-refractivity contribution in [1.82, 2.24) is 4.98 Å². The maximum absolute atomic E-state index is 12.1. The Labute approximate surface area is 128 Å². The molecular weight excluding hydrogens is 306 g/mol. The Kier molecular flexibility index (Phi) is 4.46. The average Bonchev–Trinajstić information content (AvgIpc) is 2.46. The molecule has 0 radical (unpaired) electrons. The Hall–Kier alpha value is -2.41. The molecule has 0 saturated heterocycles. The van der Waals surface area contributed by atoms with Crippen molar-refractivity contribution in [1.29, 1.82) is 0 Å². The summed E-state index contributed by atoms with van der Waals surface area (Å²) < 4.78 is 34.4. The number of ether oxygens (including phenoxy) is 2. The van der Waals surface area contributed by atoms with Crippen LogP contribution in [0.2, 0.25) is 0 Å². The quantitative estimate of drug-likeness (QED) is 0.804. The van der Waals surface area contributed by atoms with E-state index in [4.69, 9.17) is 4.74 Å². The van der Waals surface area contributed by atoms with Gasteiger partial charge in [0.1, 0.15) is 16.4 Å². The predicted molar refractivity (Wildman–Crippen MR) is 79.9 cm³/mol. The minimum atomic E-state index is -3.60. The van der Waals surface area contributed by atoms with Gasteiger partial charge in [0.05, 0.1) is 18.9 Å². The van der Waals surface area contributed by atoms with Crippen molar-refractivity contribution in [3.05, 3.63) is 47.8 Å². The molecule has 2 rings (SSSR count). The van der Waals surface area contributed by atoms with Crippen molar-refractivity contribution in [2.75, 3.05) is 13.4 Å². The van der Waals surface area contributed by atoms with Crippen LogP contribution in [0.3, 0.4) is 0 Å². The van der Waals surface area contributed by atoms with Gasteiger partial charge in [-0.05, 0) is 36.8 Å². The molecule has 7 heteroatoms. The molecule has 116 valence electrons. The van der Waals surface area contributed by atoms with Crippen LogP contribution in [0.1, 0.15) is 15.9 Å². The lowest BCUT2D eigenvalue weighted by atomic mass is 10.1. The van der Waals surface area contributed by atoms with Crippen LogP contribution in [-0.4, -0.2) is 32.7 Å². The van der Waals surface area contributed by atoms with Gasteiger partial charge >= 0.3 is 5.97 Å². The van der Waals surface area contributed by atoms with Crippen LogP contribution >= 0.6 is 0 Å². The number of hydrogen-bond donors (Lipinski definition) is 0. The normalized spacial score (nSPS) is 11.0. The molecule has 0 amide bonds. The standard InChI is InChI=1S/C15H15NO5S/c1-10-12(15(17)20-2)6-7-13(14(10)22(3,18)19)21-11-5-4-8-16-9-11/h4-9H,1-3H3. The van der Waals surface area contributed by atoms with E-state index in [-0.39, 0.29) is 21.8 Å². The smallest absolute Gasteiger partial charge is 0.338 e. The molecule has 22 heavy (non-hydrogen) atoms. The first-order valence-electron chi connectivity index (χ1n) is 6.34. The minimum absolute atomic E-state index is 0.0424. The molecule has 0 aliphatic rings. The van der Waals surface area contributed by atoms with E-state index in [0.29, 0.717) is 5.75 Å². The van der Waals surface area contributed by atoms with Gasteiger partial charge in [0.25, 0.3) is 0 Å². The van der Waals surface area contributed by atoms with Gasteiger partial charge in [0, 0.05) is 12.5 Å². The Bertz CT molecular complexity index is 800. The molecule has 0 N–H and O–H groups in total. The van der Waals surface area contributed by atoms with Crippen LogP contribution in [0.4, 0.5) is 0 Å². The SMILES string of the molecule is COC(=O)c1ccc(Oc2cccnc2)c(S(C)(=O)=O)c1C. The summed E-state index contributed by atoms with van der Waals surface area (Å²) in [4.78, 5) is 15.6. The molecule has 2 aromatic rings. The van der Waals surface area contributed by atoms with E-state index in [9.17, 15) is 13.2 Å². The summed E-state index contributed by atoms with van der Waals surface area (Å²) in [7, 11) is -2.36. The van der Waals surface area contributed by atoms with Gasteiger partial charge in [-0.2, -0.15) is 0 Å². The summed E-state index contributed by atoms with van der Waals surface area (Å²) in [6.07, 6.45) is 4.11. The summed E-state index contributed by atoms with van der Waals surface area (Å²) in [5, 5.41) is 0. The number of nitrogens with zero attached hydrogens (tertiary/aromatic N) is 1. The lowest BCUT2D eigenvalue weighted by Gasteiger charge is -2.14. The Morgan fingerprint density at radius 1 is 1.23 bits per heavy atom. The molecule has 0 aliphatic heterocycles. The molecule has 0 spiro atoms. The molecule has 1 aromatic heterocycles. The highest BCUT2D eigenvalue weighted by molar-refractivity contribution is 7.90. The van der Waals surface area contributed by atoms with Gasteiger partial charge in [-0.3, -0.25) is 4.98 Å².